The van der Waals surface area contributed by atoms with Gasteiger partial charge in [-0.25, -0.2) is 8.42 Å². The molecule has 0 aliphatic heterocycles. The largest absolute Gasteiger partial charge is 0.494 e. The average Bonchev–Trinajstić information content (AvgIpc) is 2.83. The van der Waals surface area contributed by atoms with Gasteiger partial charge in [-0.15, -0.1) is 0 Å². The smallest absolute Gasteiger partial charge is 0.264 e. The topological polar surface area (TPSA) is 75.7 Å². The van der Waals surface area contributed by atoms with Crippen LogP contribution in [0.15, 0.2) is 82.2 Å². The van der Waals surface area contributed by atoms with Gasteiger partial charge in [0.25, 0.3) is 10.0 Å². The van der Waals surface area contributed by atoms with E-state index >= 15 is 0 Å². The van der Waals surface area contributed by atoms with E-state index in [4.69, 9.17) is 4.74 Å². The average molecular weight is 545 g/mol. The van der Waals surface area contributed by atoms with Crippen molar-refractivity contribution in [1.82, 2.24) is 5.32 Å². The number of carbonyl (C=O) groups is 1. The lowest BCUT2D eigenvalue weighted by Gasteiger charge is -2.25. The molecule has 0 saturated carbocycles. The van der Waals surface area contributed by atoms with E-state index in [2.05, 4.69) is 28.2 Å². The molecule has 0 saturated heterocycles. The van der Waals surface area contributed by atoms with Gasteiger partial charge in [0.2, 0.25) is 5.91 Å². The van der Waals surface area contributed by atoms with Crippen LogP contribution in [-0.2, 0) is 21.2 Å². The maximum Gasteiger partial charge on any atom is 0.264 e. The number of carbonyl (C=O) groups excluding carboxylic acids is 1. The first-order valence-electron chi connectivity index (χ1n) is 11.1. The SMILES string of the molecule is CCOc1ccc(N(CC(=O)N[C@H](C)c2ccc(CC)cc2)S(=O)(=O)c2ccc(Br)cc2)cc1. The number of aryl methyl sites for hydroxylation is 1. The predicted octanol–water partition coefficient (Wildman–Crippen LogP) is 5.48. The predicted molar refractivity (Wildman–Crippen MR) is 139 cm³/mol. The zero-order chi connectivity index (χ0) is 24.7. The third-order valence-electron chi connectivity index (χ3n) is 5.39. The van der Waals surface area contributed by atoms with E-state index in [1.54, 1.807) is 36.4 Å². The molecule has 1 atom stereocenters. The molecule has 0 spiro atoms. The first-order chi connectivity index (χ1) is 16.2. The molecule has 1 N–H and O–H groups in total. The van der Waals surface area contributed by atoms with E-state index < -0.39 is 15.9 Å². The van der Waals surface area contributed by atoms with Gasteiger partial charge in [-0.3, -0.25) is 9.10 Å². The fourth-order valence-electron chi connectivity index (χ4n) is 3.47. The van der Waals surface area contributed by atoms with Gasteiger partial charge in [-0.2, -0.15) is 0 Å². The van der Waals surface area contributed by atoms with Crippen molar-refractivity contribution in [1.29, 1.82) is 0 Å². The van der Waals surface area contributed by atoms with E-state index in [9.17, 15) is 13.2 Å². The molecule has 0 aromatic heterocycles. The molecule has 8 heteroatoms. The third-order valence-corrected chi connectivity index (χ3v) is 7.71. The van der Waals surface area contributed by atoms with Gasteiger partial charge < -0.3 is 10.1 Å². The summed E-state index contributed by atoms with van der Waals surface area (Å²) in [5.74, 6) is 0.225. The van der Waals surface area contributed by atoms with E-state index in [0.717, 1.165) is 20.8 Å². The first kappa shape index (κ1) is 25.8. The maximum atomic E-state index is 13.5. The fourth-order valence-corrected chi connectivity index (χ4v) is 5.15. The van der Waals surface area contributed by atoms with Crippen LogP contribution >= 0.6 is 15.9 Å². The molecule has 0 unspecified atom stereocenters. The summed E-state index contributed by atoms with van der Waals surface area (Å²) in [5.41, 5.74) is 2.54. The number of halogens is 1. The molecule has 0 fully saturated rings. The zero-order valence-electron chi connectivity index (χ0n) is 19.5. The Bertz CT molecular complexity index is 1200. The Morgan fingerprint density at radius 1 is 0.971 bits per heavy atom. The highest BCUT2D eigenvalue weighted by molar-refractivity contribution is 9.10. The summed E-state index contributed by atoms with van der Waals surface area (Å²) in [6.07, 6.45) is 0.936. The Labute approximate surface area is 210 Å². The number of hydrogen-bond acceptors (Lipinski definition) is 4. The van der Waals surface area contributed by atoms with Gasteiger partial charge in [0, 0.05) is 4.47 Å². The lowest BCUT2D eigenvalue weighted by Crippen LogP contribution is -2.41. The van der Waals surface area contributed by atoms with Crippen molar-refractivity contribution in [3.63, 3.8) is 0 Å². The zero-order valence-corrected chi connectivity index (χ0v) is 21.9. The van der Waals surface area contributed by atoms with Gasteiger partial charge in [0.05, 0.1) is 23.2 Å². The Kier molecular flexibility index (Phi) is 8.74. The molecular formula is C26H29BrN2O4S. The minimum Gasteiger partial charge on any atom is -0.494 e. The van der Waals surface area contributed by atoms with E-state index in [-0.39, 0.29) is 17.5 Å². The van der Waals surface area contributed by atoms with E-state index in [1.165, 1.54) is 17.7 Å². The molecule has 0 aliphatic rings. The summed E-state index contributed by atoms with van der Waals surface area (Å²) in [6, 6.07) is 20.8. The van der Waals surface area contributed by atoms with Crippen molar-refractivity contribution < 1.29 is 17.9 Å². The van der Waals surface area contributed by atoms with Crippen LogP contribution in [0.3, 0.4) is 0 Å². The van der Waals surface area contributed by atoms with Crippen LogP contribution in [0.4, 0.5) is 5.69 Å². The lowest BCUT2D eigenvalue weighted by atomic mass is 10.1. The molecule has 6 nitrogen and oxygen atoms in total. The van der Waals surface area contributed by atoms with Crippen LogP contribution in [0.2, 0.25) is 0 Å². The van der Waals surface area contributed by atoms with Gasteiger partial charge in [0.15, 0.2) is 0 Å². The molecule has 0 bridgehead atoms. The molecule has 1 amide bonds. The number of anilines is 1. The summed E-state index contributed by atoms with van der Waals surface area (Å²) in [5, 5.41) is 2.92. The van der Waals surface area contributed by atoms with Gasteiger partial charge in [-0.05, 0) is 79.9 Å². The number of nitrogens with zero attached hydrogens (tertiary/aromatic N) is 1. The van der Waals surface area contributed by atoms with Crippen molar-refractivity contribution in [3.05, 3.63) is 88.4 Å². The molecule has 0 radical (unpaired) electrons. The Hall–Kier alpha value is -2.84. The summed E-state index contributed by atoms with van der Waals surface area (Å²) >= 11 is 3.33. The van der Waals surface area contributed by atoms with Crippen LogP contribution in [-0.4, -0.2) is 27.5 Å². The highest BCUT2D eigenvalue weighted by Crippen LogP contribution is 2.27. The monoisotopic (exact) mass is 544 g/mol. The van der Waals surface area contributed by atoms with Crippen LogP contribution < -0.4 is 14.4 Å². The normalized spacial score (nSPS) is 12.1. The van der Waals surface area contributed by atoms with Crippen LogP contribution in [0.1, 0.15) is 37.9 Å². The number of hydrogen-bond donors (Lipinski definition) is 1. The second-order valence-corrected chi connectivity index (χ2v) is 10.6. The van der Waals surface area contributed by atoms with Crippen LogP contribution in [0.25, 0.3) is 0 Å². The summed E-state index contributed by atoms with van der Waals surface area (Å²) in [6.45, 7) is 5.98. The van der Waals surface area contributed by atoms with Gasteiger partial charge >= 0.3 is 0 Å². The molecule has 3 aromatic carbocycles. The van der Waals surface area contributed by atoms with Gasteiger partial charge in [0.1, 0.15) is 12.3 Å². The third kappa shape index (κ3) is 6.39. The quantitative estimate of drug-likeness (QED) is 0.366. The summed E-state index contributed by atoms with van der Waals surface area (Å²) < 4.78 is 34.4. The van der Waals surface area contributed by atoms with Crippen molar-refractivity contribution in [2.24, 2.45) is 0 Å². The van der Waals surface area contributed by atoms with Crippen LogP contribution in [0.5, 0.6) is 5.75 Å². The lowest BCUT2D eigenvalue weighted by molar-refractivity contribution is -0.120. The number of ether oxygens (including phenoxy) is 1. The second-order valence-electron chi connectivity index (χ2n) is 7.78. The molecule has 180 valence electrons. The molecule has 0 heterocycles. The number of benzene rings is 3. The molecular weight excluding hydrogens is 516 g/mol. The molecule has 34 heavy (non-hydrogen) atoms. The Morgan fingerprint density at radius 2 is 1.59 bits per heavy atom. The standard InChI is InChI=1S/C26H29BrN2O4S/c1-4-20-6-8-21(9-7-20)19(3)28-26(30)18-29(23-12-14-24(15-13-23)33-5-2)34(31,32)25-16-10-22(27)11-17-25/h6-17,19H,4-5,18H2,1-3H3,(H,28,30)/t19-/m1/s1. The van der Waals surface area contributed by atoms with Crippen molar-refractivity contribution >= 4 is 37.5 Å². The Balaban J connectivity index is 1.86. The minimum atomic E-state index is -3.99. The maximum absolute atomic E-state index is 13.5. The summed E-state index contributed by atoms with van der Waals surface area (Å²) in [4.78, 5) is 13.1. The molecule has 0 aliphatic carbocycles. The van der Waals surface area contributed by atoms with E-state index in [1.807, 2.05) is 38.1 Å². The second kappa shape index (κ2) is 11.5. The van der Waals surface area contributed by atoms with Crippen molar-refractivity contribution in [3.8, 4) is 5.75 Å². The summed E-state index contributed by atoms with van der Waals surface area (Å²) in [7, 11) is -3.99. The van der Waals surface area contributed by atoms with E-state index in [0.29, 0.717) is 18.0 Å². The van der Waals surface area contributed by atoms with Crippen LogP contribution in [0, 0.1) is 0 Å². The van der Waals surface area contributed by atoms with Gasteiger partial charge in [-0.1, -0.05) is 47.1 Å². The number of sulfonamides is 1. The molecule has 3 aromatic rings. The highest BCUT2D eigenvalue weighted by Gasteiger charge is 2.28. The van der Waals surface area contributed by atoms with Crippen molar-refractivity contribution in [2.45, 2.75) is 38.1 Å². The molecule has 3 rings (SSSR count). The number of rotatable bonds is 10. The number of amides is 1. The Morgan fingerprint density at radius 3 is 2.15 bits per heavy atom. The highest BCUT2D eigenvalue weighted by atomic mass is 79.9. The first-order valence-corrected chi connectivity index (χ1v) is 13.4. The van der Waals surface area contributed by atoms with Crippen molar-refractivity contribution in [2.75, 3.05) is 17.5 Å². The minimum absolute atomic E-state index is 0.0978. The number of nitrogens with one attached hydrogen (secondary N) is 1. The fraction of sp³-hybridized carbons (Fsp3) is 0.269.